The van der Waals surface area contributed by atoms with Crippen molar-refractivity contribution in [3.05, 3.63) is 71.9 Å². The predicted octanol–water partition coefficient (Wildman–Crippen LogP) is 3.29. The minimum absolute atomic E-state index is 0.0616. The van der Waals surface area contributed by atoms with E-state index in [1.807, 2.05) is 42.1 Å². The Morgan fingerprint density at radius 3 is 2.45 bits per heavy atom. The molecule has 1 aromatic heterocycles. The van der Waals surface area contributed by atoms with Crippen molar-refractivity contribution in [2.45, 2.75) is 49.4 Å². The molecule has 0 radical (unpaired) electrons. The van der Waals surface area contributed by atoms with Gasteiger partial charge in [-0.25, -0.2) is 4.79 Å². The first-order chi connectivity index (χ1) is 20.5. The van der Waals surface area contributed by atoms with E-state index in [-0.39, 0.29) is 35.8 Å². The van der Waals surface area contributed by atoms with Gasteiger partial charge >= 0.3 is 6.03 Å². The van der Waals surface area contributed by atoms with Crippen LogP contribution in [-0.4, -0.2) is 70.1 Å². The molecule has 42 heavy (non-hydrogen) atoms. The quantitative estimate of drug-likeness (QED) is 0.133. The van der Waals surface area contributed by atoms with Gasteiger partial charge in [0.15, 0.2) is 0 Å². The topological polar surface area (TPSA) is 157 Å². The average molecular weight is 590 g/mol. The average Bonchev–Trinajstić information content (AvgIpc) is 3.73. The number of hydrogen-bond acceptors (Lipinski definition) is 6. The molecule has 0 spiro atoms. The summed E-state index contributed by atoms with van der Waals surface area (Å²) >= 11 is 1.88. The number of nitrogens with zero attached hydrogens (tertiary/aromatic N) is 1. The largest absolute Gasteiger partial charge is 0.352 e. The number of fused-ring (bicyclic) bond motifs is 1. The third-order valence-corrected chi connectivity index (χ3v) is 8.84. The number of nitrogens with one attached hydrogen (secondary N) is 6. The molecule has 220 valence electrons. The van der Waals surface area contributed by atoms with Crippen LogP contribution in [0.1, 0.15) is 53.0 Å². The van der Waals surface area contributed by atoms with Gasteiger partial charge in [-0.2, -0.15) is 16.9 Å². The minimum Gasteiger partial charge on any atom is -0.352 e. The normalized spacial score (nSPS) is 19.0. The molecule has 6 N–H and O–H groups in total. The van der Waals surface area contributed by atoms with Crippen LogP contribution < -0.4 is 26.6 Å². The van der Waals surface area contributed by atoms with Gasteiger partial charge in [-0.05, 0) is 49.6 Å². The van der Waals surface area contributed by atoms with Crippen LogP contribution in [0.4, 0.5) is 10.5 Å². The lowest BCUT2D eigenvalue weighted by molar-refractivity contribution is -0.116. The molecule has 3 atom stereocenters. The maximum atomic E-state index is 12.5. The Morgan fingerprint density at radius 1 is 0.905 bits per heavy atom. The molecule has 3 heterocycles. The van der Waals surface area contributed by atoms with E-state index in [9.17, 15) is 19.2 Å². The molecular formula is C30H35N7O4S. The summed E-state index contributed by atoms with van der Waals surface area (Å²) in [7, 11) is 0. The molecule has 3 aromatic rings. The number of urea groups is 1. The van der Waals surface area contributed by atoms with Crippen LogP contribution in [0.2, 0.25) is 0 Å². The Balaban J connectivity index is 0.941. The van der Waals surface area contributed by atoms with E-state index in [2.05, 4.69) is 36.8 Å². The van der Waals surface area contributed by atoms with Crippen molar-refractivity contribution in [1.29, 1.82) is 0 Å². The molecule has 2 saturated heterocycles. The highest BCUT2D eigenvalue weighted by Gasteiger charge is 2.42. The van der Waals surface area contributed by atoms with Crippen molar-refractivity contribution in [1.82, 2.24) is 31.5 Å². The smallest absolute Gasteiger partial charge is 0.315 e. The van der Waals surface area contributed by atoms with Gasteiger partial charge in [0, 0.05) is 47.3 Å². The lowest BCUT2D eigenvalue weighted by Gasteiger charge is -2.16. The molecule has 5 amide bonds. The number of carbonyl (C=O) groups is 4. The van der Waals surface area contributed by atoms with Gasteiger partial charge in [0.05, 0.1) is 17.8 Å². The Kier molecular flexibility index (Phi) is 9.75. The zero-order valence-electron chi connectivity index (χ0n) is 23.2. The molecule has 0 bridgehead atoms. The van der Waals surface area contributed by atoms with Gasteiger partial charge in [0.25, 0.3) is 11.8 Å². The summed E-state index contributed by atoms with van der Waals surface area (Å²) in [6.45, 7) is 0.803. The number of hydrogen-bond donors (Lipinski definition) is 6. The van der Waals surface area contributed by atoms with E-state index >= 15 is 0 Å². The monoisotopic (exact) mass is 589 g/mol. The molecule has 11 nitrogen and oxygen atoms in total. The Hall–Kier alpha value is -4.32. The highest BCUT2D eigenvalue weighted by molar-refractivity contribution is 8.00. The number of amides is 5. The van der Waals surface area contributed by atoms with Gasteiger partial charge in [-0.3, -0.25) is 19.5 Å². The summed E-state index contributed by atoms with van der Waals surface area (Å²) in [5.74, 6) is 0.398. The van der Waals surface area contributed by atoms with Crippen molar-refractivity contribution in [2.75, 3.05) is 24.2 Å². The first-order valence-corrected chi connectivity index (χ1v) is 15.3. The van der Waals surface area contributed by atoms with Gasteiger partial charge < -0.3 is 26.6 Å². The maximum absolute atomic E-state index is 12.5. The second-order valence-electron chi connectivity index (χ2n) is 10.4. The van der Waals surface area contributed by atoms with Crippen LogP contribution in [0.15, 0.2) is 60.7 Å². The predicted molar refractivity (Wildman–Crippen MR) is 162 cm³/mol. The molecule has 2 aliphatic heterocycles. The summed E-state index contributed by atoms with van der Waals surface area (Å²) < 4.78 is 0. The Morgan fingerprint density at radius 2 is 1.67 bits per heavy atom. The molecular weight excluding hydrogens is 554 g/mol. The number of rotatable bonds is 13. The number of benzene rings is 2. The van der Waals surface area contributed by atoms with Crippen LogP contribution in [0.5, 0.6) is 0 Å². The van der Waals surface area contributed by atoms with Crippen molar-refractivity contribution < 1.29 is 19.2 Å². The van der Waals surface area contributed by atoms with E-state index in [0.717, 1.165) is 30.6 Å². The summed E-state index contributed by atoms with van der Waals surface area (Å²) in [6.07, 6.45) is 3.66. The molecule has 12 heteroatoms. The summed E-state index contributed by atoms with van der Waals surface area (Å²) in [4.78, 5) is 48.7. The third-order valence-electron chi connectivity index (χ3n) is 7.33. The van der Waals surface area contributed by atoms with E-state index in [1.54, 1.807) is 30.3 Å². The molecule has 0 unspecified atom stereocenters. The number of aromatic amines is 1. The van der Waals surface area contributed by atoms with Crippen LogP contribution in [0.25, 0.3) is 11.3 Å². The molecule has 5 rings (SSSR count). The molecule has 0 saturated carbocycles. The number of aromatic nitrogens is 2. The first kappa shape index (κ1) is 29.2. The second-order valence-corrected chi connectivity index (χ2v) is 11.7. The third kappa shape index (κ3) is 7.69. The lowest BCUT2D eigenvalue weighted by atomic mass is 10.0. The summed E-state index contributed by atoms with van der Waals surface area (Å²) in [5.41, 5.74) is 3.13. The van der Waals surface area contributed by atoms with E-state index < -0.39 is 0 Å². The van der Waals surface area contributed by atoms with Crippen molar-refractivity contribution in [2.24, 2.45) is 0 Å². The molecule has 2 aromatic carbocycles. The first-order valence-electron chi connectivity index (χ1n) is 14.2. The number of thioether (sulfide) groups is 1. The minimum atomic E-state index is -0.254. The number of carbonyl (C=O) groups excluding carboxylic acids is 4. The highest BCUT2D eigenvalue weighted by Crippen LogP contribution is 2.33. The van der Waals surface area contributed by atoms with Crippen molar-refractivity contribution in [3.8, 4) is 11.3 Å². The van der Waals surface area contributed by atoms with E-state index in [1.165, 1.54) is 0 Å². The van der Waals surface area contributed by atoms with Crippen molar-refractivity contribution >= 4 is 41.2 Å². The number of anilines is 1. The lowest BCUT2D eigenvalue weighted by Crippen LogP contribution is -2.36. The van der Waals surface area contributed by atoms with Crippen LogP contribution in [0, 0.1) is 0 Å². The Labute approximate surface area is 248 Å². The fourth-order valence-corrected chi connectivity index (χ4v) is 6.63. The van der Waals surface area contributed by atoms with Crippen LogP contribution in [-0.2, 0) is 4.79 Å². The molecule has 2 aliphatic rings. The molecule has 2 fully saturated rings. The summed E-state index contributed by atoms with van der Waals surface area (Å²) in [6, 6.07) is 18.4. The van der Waals surface area contributed by atoms with E-state index in [4.69, 9.17) is 0 Å². The number of H-pyrrole nitrogens is 1. The second kappa shape index (κ2) is 14.0. The van der Waals surface area contributed by atoms with E-state index in [0.29, 0.717) is 53.8 Å². The van der Waals surface area contributed by atoms with Gasteiger partial charge in [-0.15, -0.1) is 0 Å². The van der Waals surface area contributed by atoms with Gasteiger partial charge in [0.1, 0.15) is 5.69 Å². The van der Waals surface area contributed by atoms with Gasteiger partial charge in [-0.1, -0.05) is 36.8 Å². The molecule has 0 aliphatic carbocycles. The van der Waals surface area contributed by atoms with Crippen molar-refractivity contribution in [3.63, 3.8) is 0 Å². The standard InChI is InChI=1S/C30H35N7O4S/c38-26(10-5-4-9-25-27-24(18-42-25)34-30(41)35-27)33-21-13-11-20(12-14-21)28(39)31-15-6-16-32-29(40)23-17-22(36-37-23)19-7-2-1-3-8-19/h1-3,7-8,11-14,17,24-25,27H,4-6,9-10,15-16,18H2,(H,31,39)(H,32,40)(H,33,38)(H,36,37)(H2,34,35,41)/t24-,25-,27-/m0/s1. The van der Waals surface area contributed by atoms with Crippen LogP contribution in [0.3, 0.4) is 0 Å². The summed E-state index contributed by atoms with van der Waals surface area (Å²) in [5, 5.41) is 21.8. The number of unbranched alkanes of at least 4 members (excludes halogenated alkanes) is 1. The maximum Gasteiger partial charge on any atom is 0.315 e. The highest BCUT2D eigenvalue weighted by atomic mass is 32.2. The SMILES string of the molecule is O=C(CCCC[C@@H]1SC[C@@H]2NC(=O)N[C@@H]21)Nc1ccc(C(=O)NCCCNC(=O)c2cc(-c3ccccc3)n[nH]2)cc1. The fourth-order valence-electron chi connectivity index (χ4n) is 5.09. The van der Waals surface area contributed by atoms with Gasteiger partial charge in [0.2, 0.25) is 5.91 Å². The Bertz CT molecular complexity index is 1400. The zero-order chi connectivity index (χ0) is 29.3. The zero-order valence-corrected chi connectivity index (χ0v) is 24.0. The fraction of sp³-hybridized carbons (Fsp3) is 0.367. The van der Waals surface area contributed by atoms with Crippen LogP contribution >= 0.6 is 11.8 Å².